The average Bonchev–Trinajstić information content (AvgIpc) is 2.36. The first kappa shape index (κ1) is 17.8. The molecule has 0 spiro atoms. The molecular weight excluding hydrogens is 303 g/mol. The minimum Gasteiger partial charge on any atom is -0.396 e. The molecule has 118 valence electrons. The third-order valence-electron chi connectivity index (χ3n) is 2.92. The molecule has 21 heavy (non-hydrogen) atoms. The van der Waals surface area contributed by atoms with Gasteiger partial charge in [-0.1, -0.05) is 26.0 Å². The van der Waals surface area contributed by atoms with Gasteiger partial charge in [0.1, 0.15) is 0 Å². The zero-order chi connectivity index (χ0) is 16.0. The summed E-state index contributed by atoms with van der Waals surface area (Å²) in [6.45, 7) is 3.65. The number of aliphatic hydroxyl groups is 1. The number of halogens is 3. The molecule has 1 rings (SSSR count). The predicted molar refractivity (Wildman–Crippen MR) is 76.1 cm³/mol. The Balaban J connectivity index is 2.91. The normalized spacial score (nSPS) is 13.3. The van der Waals surface area contributed by atoms with Crippen LogP contribution in [-0.4, -0.2) is 29.2 Å². The van der Waals surface area contributed by atoms with E-state index in [0.29, 0.717) is 6.42 Å². The first-order chi connectivity index (χ1) is 9.74. The molecule has 0 bridgehead atoms. The highest BCUT2D eigenvalue weighted by Gasteiger charge is 2.31. The minimum atomic E-state index is -4.45. The molecule has 1 atom stereocenters. The van der Waals surface area contributed by atoms with Crippen LogP contribution in [0.3, 0.4) is 0 Å². The van der Waals surface area contributed by atoms with E-state index in [1.54, 1.807) is 0 Å². The van der Waals surface area contributed by atoms with E-state index in [4.69, 9.17) is 5.11 Å². The van der Waals surface area contributed by atoms with Crippen LogP contribution in [-0.2, 0) is 0 Å². The van der Waals surface area contributed by atoms with Gasteiger partial charge in [0.25, 0.3) is 5.91 Å². The highest BCUT2D eigenvalue weighted by molar-refractivity contribution is 8.00. The second kappa shape index (κ2) is 7.70. The number of alkyl halides is 3. The highest BCUT2D eigenvalue weighted by atomic mass is 32.2. The van der Waals surface area contributed by atoms with Gasteiger partial charge in [-0.3, -0.25) is 4.79 Å². The smallest absolute Gasteiger partial charge is 0.396 e. The first-order valence-corrected chi connectivity index (χ1v) is 7.32. The van der Waals surface area contributed by atoms with Crippen LogP contribution in [0.5, 0.6) is 0 Å². The van der Waals surface area contributed by atoms with Crippen molar-refractivity contribution in [2.45, 2.75) is 36.7 Å². The van der Waals surface area contributed by atoms with E-state index in [2.05, 4.69) is 5.32 Å². The van der Waals surface area contributed by atoms with Crippen molar-refractivity contribution >= 4 is 17.7 Å². The number of amides is 1. The molecular formula is C14H18F3NO2S. The van der Waals surface area contributed by atoms with Crippen LogP contribution in [0.4, 0.5) is 13.2 Å². The lowest BCUT2D eigenvalue weighted by atomic mass is 10.0. The summed E-state index contributed by atoms with van der Waals surface area (Å²) in [5.74, 6) is -0.488. The summed E-state index contributed by atoms with van der Waals surface area (Å²) in [4.78, 5) is 12.0. The van der Waals surface area contributed by atoms with Crippen LogP contribution in [0.2, 0.25) is 0 Å². The largest absolute Gasteiger partial charge is 0.446 e. The molecule has 0 fully saturated rings. The molecule has 0 aliphatic carbocycles. The summed E-state index contributed by atoms with van der Waals surface area (Å²) in [7, 11) is 0. The Kier molecular flexibility index (Phi) is 6.54. The van der Waals surface area contributed by atoms with Crippen LogP contribution in [0.1, 0.15) is 30.6 Å². The number of benzene rings is 1. The molecule has 3 nitrogen and oxygen atoms in total. The molecule has 0 saturated heterocycles. The van der Waals surface area contributed by atoms with Crippen molar-refractivity contribution in [3.05, 3.63) is 29.8 Å². The lowest BCUT2D eigenvalue weighted by molar-refractivity contribution is -0.0328. The van der Waals surface area contributed by atoms with E-state index in [-0.39, 0.29) is 40.8 Å². The second-order valence-corrected chi connectivity index (χ2v) is 5.99. The van der Waals surface area contributed by atoms with E-state index in [9.17, 15) is 18.0 Å². The molecule has 1 unspecified atom stereocenters. The number of thioether (sulfide) groups is 1. The zero-order valence-electron chi connectivity index (χ0n) is 11.8. The Bertz CT molecular complexity index is 478. The summed E-state index contributed by atoms with van der Waals surface area (Å²) in [5, 5.41) is 11.7. The van der Waals surface area contributed by atoms with Gasteiger partial charge in [0.15, 0.2) is 0 Å². The summed E-state index contributed by atoms with van der Waals surface area (Å²) >= 11 is -0.306. The predicted octanol–water partition coefficient (Wildman–Crippen LogP) is 3.44. The number of hydrogen-bond acceptors (Lipinski definition) is 3. The summed E-state index contributed by atoms with van der Waals surface area (Å²) in [6, 6.07) is 5.32. The molecule has 0 radical (unpaired) electrons. The molecule has 0 aliphatic heterocycles. The van der Waals surface area contributed by atoms with E-state index >= 15 is 0 Å². The number of rotatable bonds is 6. The topological polar surface area (TPSA) is 49.3 Å². The molecule has 0 aromatic heterocycles. The van der Waals surface area contributed by atoms with E-state index in [1.165, 1.54) is 24.3 Å². The molecule has 0 saturated carbocycles. The highest BCUT2D eigenvalue weighted by Crippen LogP contribution is 2.38. The number of hydrogen-bond donors (Lipinski definition) is 2. The van der Waals surface area contributed by atoms with Gasteiger partial charge in [-0.15, -0.1) is 0 Å². The Morgan fingerprint density at radius 2 is 1.95 bits per heavy atom. The SMILES string of the molecule is CC(C)C(CCO)NC(=O)c1ccccc1SC(F)(F)F. The van der Waals surface area contributed by atoms with Gasteiger partial charge >= 0.3 is 5.51 Å². The maximum absolute atomic E-state index is 12.5. The van der Waals surface area contributed by atoms with Gasteiger partial charge in [0.2, 0.25) is 0 Å². The quantitative estimate of drug-likeness (QED) is 0.789. The van der Waals surface area contributed by atoms with Crippen molar-refractivity contribution in [3.8, 4) is 0 Å². The monoisotopic (exact) mass is 321 g/mol. The lowest BCUT2D eigenvalue weighted by Gasteiger charge is -2.22. The second-order valence-electron chi connectivity index (χ2n) is 4.88. The average molecular weight is 321 g/mol. The van der Waals surface area contributed by atoms with Gasteiger partial charge in [-0.25, -0.2) is 0 Å². The zero-order valence-corrected chi connectivity index (χ0v) is 12.6. The summed E-state index contributed by atoms with van der Waals surface area (Å²) < 4.78 is 37.5. The van der Waals surface area contributed by atoms with Gasteiger partial charge in [0, 0.05) is 17.5 Å². The van der Waals surface area contributed by atoms with Gasteiger partial charge in [-0.05, 0) is 36.2 Å². The van der Waals surface area contributed by atoms with E-state index < -0.39 is 11.4 Å². The fraction of sp³-hybridized carbons (Fsp3) is 0.500. The minimum absolute atomic E-state index is 0.0107. The Labute approximate surface area is 125 Å². The maximum atomic E-state index is 12.5. The van der Waals surface area contributed by atoms with Crippen molar-refractivity contribution in [2.24, 2.45) is 5.92 Å². The van der Waals surface area contributed by atoms with Crippen molar-refractivity contribution in [1.29, 1.82) is 0 Å². The Morgan fingerprint density at radius 1 is 1.33 bits per heavy atom. The fourth-order valence-corrected chi connectivity index (χ4v) is 2.49. The van der Waals surface area contributed by atoms with Gasteiger partial charge in [0.05, 0.1) is 5.56 Å². The van der Waals surface area contributed by atoms with Gasteiger partial charge in [-0.2, -0.15) is 13.2 Å². The van der Waals surface area contributed by atoms with Crippen molar-refractivity contribution in [3.63, 3.8) is 0 Å². The number of carbonyl (C=O) groups is 1. The standard InChI is InChI=1S/C14H18F3NO2S/c1-9(2)11(7-8-19)18-13(20)10-5-3-4-6-12(10)21-14(15,16)17/h3-6,9,11,19H,7-8H2,1-2H3,(H,18,20). The van der Waals surface area contributed by atoms with Crippen LogP contribution in [0.25, 0.3) is 0 Å². The fourth-order valence-electron chi connectivity index (χ4n) is 1.83. The third-order valence-corrected chi connectivity index (χ3v) is 3.73. The van der Waals surface area contributed by atoms with Crippen molar-refractivity contribution < 1.29 is 23.1 Å². The van der Waals surface area contributed by atoms with Crippen LogP contribution in [0, 0.1) is 5.92 Å². The Hall–Kier alpha value is -1.21. The third kappa shape index (κ3) is 5.97. The van der Waals surface area contributed by atoms with Crippen LogP contribution in [0.15, 0.2) is 29.2 Å². The van der Waals surface area contributed by atoms with E-state index in [0.717, 1.165) is 0 Å². The molecule has 1 aromatic rings. The molecule has 7 heteroatoms. The van der Waals surface area contributed by atoms with Gasteiger partial charge < -0.3 is 10.4 Å². The van der Waals surface area contributed by atoms with Crippen molar-refractivity contribution in [2.75, 3.05) is 6.61 Å². The van der Waals surface area contributed by atoms with Crippen LogP contribution < -0.4 is 5.32 Å². The molecule has 2 N–H and O–H groups in total. The number of carbonyl (C=O) groups excluding carboxylic acids is 1. The molecule has 1 aromatic carbocycles. The summed E-state index contributed by atoms with van der Waals surface area (Å²) in [6.07, 6.45) is 0.359. The van der Waals surface area contributed by atoms with Crippen molar-refractivity contribution in [1.82, 2.24) is 5.32 Å². The van der Waals surface area contributed by atoms with Crippen LogP contribution >= 0.6 is 11.8 Å². The summed E-state index contributed by atoms with van der Waals surface area (Å²) in [5.41, 5.74) is -4.46. The van der Waals surface area contributed by atoms with E-state index in [1.807, 2.05) is 13.8 Å². The molecule has 1 amide bonds. The first-order valence-electron chi connectivity index (χ1n) is 6.51. The maximum Gasteiger partial charge on any atom is 0.446 e. The Morgan fingerprint density at radius 3 is 2.48 bits per heavy atom. The molecule has 0 heterocycles. The molecule has 0 aliphatic rings. The number of nitrogens with one attached hydrogen (secondary N) is 1. The number of aliphatic hydroxyl groups excluding tert-OH is 1. The lowest BCUT2D eigenvalue weighted by Crippen LogP contribution is -2.39.